The molecule has 0 aromatic carbocycles. The predicted molar refractivity (Wildman–Crippen MR) is 81.6 cm³/mol. The SMILES string of the molecule is CNCc1ccc(N(CCC(C)C)C2CC2)nc1C. The standard InChI is InChI=1S/C16H27N3/c1-12(2)9-10-19(15-6-7-15)16-8-5-14(11-17-4)13(3)18-16/h5,8,12,15,17H,6-7,9-11H2,1-4H3. The number of anilines is 1. The van der Waals surface area contributed by atoms with Gasteiger partial charge in [-0.05, 0) is 50.8 Å². The van der Waals surface area contributed by atoms with E-state index in [1.54, 1.807) is 0 Å². The third-order valence-electron chi connectivity index (χ3n) is 3.78. The molecule has 0 unspecified atom stereocenters. The van der Waals surface area contributed by atoms with Crippen LogP contribution in [-0.2, 0) is 6.54 Å². The minimum atomic E-state index is 0.737. The van der Waals surface area contributed by atoms with E-state index in [2.05, 4.69) is 43.1 Å². The van der Waals surface area contributed by atoms with Gasteiger partial charge in [0.25, 0.3) is 0 Å². The minimum absolute atomic E-state index is 0.737. The highest BCUT2D eigenvalue weighted by Crippen LogP contribution is 2.31. The van der Waals surface area contributed by atoms with Crippen molar-refractivity contribution in [2.24, 2.45) is 5.92 Å². The fourth-order valence-electron chi connectivity index (χ4n) is 2.38. The van der Waals surface area contributed by atoms with Crippen LogP contribution in [0.3, 0.4) is 0 Å². The Bertz CT molecular complexity index is 410. The van der Waals surface area contributed by atoms with E-state index in [1.165, 1.54) is 30.6 Å². The second-order valence-electron chi connectivity index (χ2n) is 6.05. The van der Waals surface area contributed by atoms with Crippen LogP contribution in [-0.4, -0.2) is 24.6 Å². The number of hydrogen-bond acceptors (Lipinski definition) is 3. The van der Waals surface area contributed by atoms with Gasteiger partial charge in [-0.25, -0.2) is 4.98 Å². The van der Waals surface area contributed by atoms with Crippen molar-refractivity contribution < 1.29 is 0 Å². The van der Waals surface area contributed by atoms with E-state index in [0.717, 1.165) is 30.7 Å². The van der Waals surface area contributed by atoms with E-state index < -0.39 is 0 Å². The molecular formula is C16H27N3. The molecule has 3 nitrogen and oxygen atoms in total. The molecular weight excluding hydrogens is 234 g/mol. The quantitative estimate of drug-likeness (QED) is 0.817. The average molecular weight is 261 g/mol. The number of aryl methyl sites for hydroxylation is 1. The molecule has 1 fully saturated rings. The third kappa shape index (κ3) is 3.93. The highest BCUT2D eigenvalue weighted by atomic mass is 15.2. The van der Waals surface area contributed by atoms with Crippen molar-refractivity contribution in [2.45, 2.75) is 52.6 Å². The zero-order valence-electron chi connectivity index (χ0n) is 12.7. The van der Waals surface area contributed by atoms with Gasteiger partial charge in [0, 0.05) is 24.8 Å². The van der Waals surface area contributed by atoms with E-state index >= 15 is 0 Å². The number of nitrogens with one attached hydrogen (secondary N) is 1. The van der Waals surface area contributed by atoms with Gasteiger partial charge in [0.2, 0.25) is 0 Å². The molecule has 1 aromatic heterocycles. The van der Waals surface area contributed by atoms with Gasteiger partial charge in [0.1, 0.15) is 5.82 Å². The monoisotopic (exact) mass is 261 g/mol. The van der Waals surface area contributed by atoms with Crippen LogP contribution >= 0.6 is 0 Å². The molecule has 1 aliphatic rings. The van der Waals surface area contributed by atoms with E-state index in [1.807, 2.05) is 7.05 Å². The molecule has 1 N–H and O–H groups in total. The van der Waals surface area contributed by atoms with Crippen LogP contribution < -0.4 is 10.2 Å². The summed E-state index contributed by atoms with van der Waals surface area (Å²) in [5, 5.41) is 3.20. The van der Waals surface area contributed by atoms with Crippen molar-refractivity contribution >= 4 is 5.82 Å². The molecule has 0 aliphatic heterocycles. The summed E-state index contributed by atoms with van der Waals surface area (Å²) in [7, 11) is 1.98. The Morgan fingerprint density at radius 1 is 1.37 bits per heavy atom. The van der Waals surface area contributed by atoms with Crippen molar-refractivity contribution in [3.63, 3.8) is 0 Å². The van der Waals surface area contributed by atoms with Crippen LogP contribution in [0.5, 0.6) is 0 Å². The first kappa shape index (κ1) is 14.3. The molecule has 1 aromatic rings. The first-order valence-electron chi connectivity index (χ1n) is 7.49. The van der Waals surface area contributed by atoms with Crippen molar-refractivity contribution in [3.05, 3.63) is 23.4 Å². The number of aromatic nitrogens is 1. The summed E-state index contributed by atoms with van der Waals surface area (Å²) in [6.07, 6.45) is 3.91. The molecule has 0 spiro atoms. The van der Waals surface area contributed by atoms with Gasteiger partial charge in [-0.3, -0.25) is 0 Å². The summed E-state index contributed by atoms with van der Waals surface area (Å²) in [5.41, 5.74) is 2.45. The van der Waals surface area contributed by atoms with Gasteiger partial charge in [0.15, 0.2) is 0 Å². The van der Waals surface area contributed by atoms with Crippen LogP contribution in [0.1, 0.15) is 44.4 Å². The summed E-state index contributed by atoms with van der Waals surface area (Å²) in [6, 6.07) is 5.15. The second kappa shape index (κ2) is 6.38. The summed E-state index contributed by atoms with van der Waals surface area (Å²) in [4.78, 5) is 7.33. The van der Waals surface area contributed by atoms with Gasteiger partial charge < -0.3 is 10.2 Å². The molecule has 1 saturated carbocycles. The Hall–Kier alpha value is -1.09. The average Bonchev–Trinajstić information content (AvgIpc) is 3.17. The number of rotatable bonds is 7. The van der Waals surface area contributed by atoms with E-state index in [4.69, 9.17) is 4.98 Å². The van der Waals surface area contributed by atoms with E-state index in [-0.39, 0.29) is 0 Å². The number of nitrogens with zero attached hydrogens (tertiary/aromatic N) is 2. The fraction of sp³-hybridized carbons (Fsp3) is 0.688. The van der Waals surface area contributed by atoms with Gasteiger partial charge in [-0.2, -0.15) is 0 Å². The summed E-state index contributed by atoms with van der Waals surface area (Å²) in [5.74, 6) is 1.92. The van der Waals surface area contributed by atoms with Gasteiger partial charge >= 0.3 is 0 Å². The Labute approximate surface area is 117 Å². The Balaban J connectivity index is 2.10. The minimum Gasteiger partial charge on any atom is -0.354 e. The van der Waals surface area contributed by atoms with Crippen LogP contribution in [0.15, 0.2) is 12.1 Å². The molecule has 1 heterocycles. The lowest BCUT2D eigenvalue weighted by Gasteiger charge is -2.25. The van der Waals surface area contributed by atoms with E-state index in [0.29, 0.717) is 0 Å². The molecule has 106 valence electrons. The first-order valence-corrected chi connectivity index (χ1v) is 7.49. The second-order valence-corrected chi connectivity index (χ2v) is 6.05. The van der Waals surface area contributed by atoms with Crippen LogP contribution in [0.4, 0.5) is 5.82 Å². The van der Waals surface area contributed by atoms with Crippen molar-refractivity contribution in [1.29, 1.82) is 0 Å². The first-order chi connectivity index (χ1) is 9.11. The summed E-state index contributed by atoms with van der Waals surface area (Å²) >= 11 is 0. The number of pyridine rings is 1. The highest BCUT2D eigenvalue weighted by Gasteiger charge is 2.29. The smallest absolute Gasteiger partial charge is 0.129 e. The third-order valence-corrected chi connectivity index (χ3v) is 3.78. The maximum Gasteiger partial charge on any atom is 0.129 e. The maximum atomic E-state index is 4.82. The van der Waals surface area contributed by atoms with Gasteiger partial charge in [0.05, 0.1) is 0 Å². The Morgan fingerprint density at radius 3 is 2.63 bits per heavy atom. The van der Waals surface area contributed by atoms with Crippen LogP contribution in [0.2, 0.25) is 0 Å². The molecule has 2 rings (SSSR count). The molecule has 0 bridgehead atoms. The van der Waals surface area contributed by atoms with Crippen LogP contribution in [0, 0.1) is 12.8 Å². The maximum absolute atomic E-state index is 4.82. The number of hydrogen-bond donors (Lipinski definition) is 1. The van der Waals surface area contributed by atoms with Crippen molar-refractivity contribution in [1.82, 2.24) is 10.3 Å². The molecule has 1 aliphatic carbocycles. The Morgan fingerprint density at radius 2 is 2.11 bits per heavy atom. The normalized spacial score (nSPS) is 15.0. The highest BCUT2D eigenvalue weighted by molar-refractivity contribution is 5.44. The lowest BCUT2D eigenvalue weighted by Crippen LogP contribution is -2.29. The molecule has 0 saturated heterocycles. The lowest BCUT2D eigenvalue weighted by atomic mass is 10.1. The van der Waals surface area contributed by atoms with Crippen molar-refractivity contribution in [3.8, 4) is 0 Å². The van der Waals surface area contributed by atoms with E-state index in [9.17, 15) is 0 Å². The molecule has 0 radical (unpaired) electrons. The largest absolute Gasteiger partial charge is 0.354 e. The zero-order valence-corrected chi connectivity index (χ0v) is 12.7. The fourth-order valence-corrected chi connectivity index (χ4v) is 2.38. The lowest BCUT2D eigenvalue weighted by molar-refractivity contribution is 0.568. The Kier molecular flexibility index (Phi) is 4.81. The predicted octanol–water partition coefficient (Wildman–Crippen LogP) is 3.12. The summed E-state index contributed by atoms with van der Waals surface area (Å²) in [6.45, 7) is 8.73. The van der Waals surface area contributed by atoms with Crippen molar-refractivity contribution in [2.75, 3.05) is 18.5 Å². The molecule has 3 heteroatoms. The molecule has 0 amide bonds. The summed E-state index contributed by atoms with van der Waals surface area (Å²) < 4.78 is 0. The van der Waals surface area contributed by atoms with Gasteiger partial charge in [-0.15, -0.1) is 0 Å². The zero-order chi connectivity index (χ0) is 13.8. The molecule has 19 heavy (non-hydrogen) atoms. The van der Waals surface area contributed by atoms with Crippen LogP contribution in [0.25, 0.3) is 0 Å². The van der Waals surface area contributed by atoms with Gasteiger partial charge in [-0.1, -0.05) is 19.9 Å². The molecule has 0 atom stereocenters. The topological polar surface area (TPSA) is 28.2 Å².